The smallest absolute Gasteiger partial charge is 0.268 e. The van der Waals surface area contributed by atoms with Crippen LogP contribution in [0.15, 0.2) is 84.6 Å². The van der Waals surface area contributed by atoms with E-state index in [1.54, 1.807) is 42.5 Å². The molecule has 0 spiro atoms. The summed E-state index contributed by atoms with van der Waals surface area (Å²) < 4.78 is 29.5. The average Bonchev–Trinajstić information content (AvgIpc) is 3.18. The second-order valence-corrected chi connectivity index (χ2v) is 10.7. The third kappa shape index (κ3) is 6.80. The molecule has 3 aromatic carbocycles. The molecule has 1 aliphatic rings. The first-order valence-corrected chi connectivity index (χ1v) is 13.0. The third-order valence-corrected chi connectivity index (χ3v) is 7.29. The summed E-state index contributed by atoms with van der Waals surface area (Å²) in [4.78, 5) is 25.9. The van der Waals surface area contributed by atoms with Gasteiger partial charge in [0.1, 0.15) is 17.2 Å². The summed E-state index contributed by atoms with van der Waals surface area (Å²) in [6.07, 6.45) is 1.89. The molecule has 8 heteroatoms. The Morgan fingerprint density at radius 1 is 0.943 bits per heavy atom. The van der Waals surface area contributed by atoms with Gasteiger partial charge in [-0.1, -0.05) is 48.0 Å². The molecule has 1 aliphatic heterocycles. The zero-order chi connectivity index (χ0) is 24.8. The highest BCUT2D eigenvalue weighted by molar-refractivity contribution is 7.91. The molecule has 0 bridgehead atoms. The molecule has 0 unspecified atom stereocenters. The van der Waals surface area contributed by atoms with Crippen LogP contribution in [0.5, 0.6) is 11.5 Å². The molecule has 1 atom stereocenters. The number of hydrogen-bond acceptors (Lipinski definition) is 5. The minimum atomic E-state index is -3.17. The van der Waals surface area contributed by atoms with Gasteiger partial charge in [-0.2, -0.15) is 0 Å². The number of sulfone groups is 1. The number of hydrogen-bond donors (Lipinski definition) is 2. The molecule has 7 nitrogen and oxygen atoms in total. The maximum absolute atomic E-state index is 13.1. The van der Waals surface area contributed by atoms with Crippen LogP contribution in [-0.4, -0.2) is 37.8 Å². The van der Waals surface area contributed by atoms with E-state index in [0.717, 1.165) is 5.56 Å². The van der Waals surface area contributed by atoms with Crippen LogP contribution >= 0.6 is 0 Å². The largest absolute Gasteiger partial charge is 0.457 e. The van der Waals surface area contributed by atoms with Crippen molar-refractivity contribution in [2.75, 3.05) is 11.5 Å². The summed E-state index contributed by atoms with van der Waals surface area (Å²) in [6.45, 7) is 1.92. The molecule has 0 aromatic heterocycles. The molecule has 0 radical (unpaired) electrons. The number of nitrogens with one attached hydrogen (secondary N) is 2. The minimum absolute atomic E-state index is 0.0109. The van der Waals surface area contributed by atoms with Gasteiger partial charge >= 0.3 is 0 Å². The molecule has 3 aromatic rings. The van der Waals surface area contributed by atoms with Crippen LogP contribution in [0.4, 0.5) is 0 Å². The Bertz CT molecular complexity index is 1350. The van der Waals surface area contributed by atoms with Gasteiger partial charge in [0, 0.05) is 11.6 Å². The van der Waals surface area contributed by atoms with Crippen LogP contribution in [0.1, 0.15) is 27.9 Å². The van der Waals surface area contributed by atoms with E-state index in [9.17, 15) is 18.0 Å². The van der Waals surface area contributed by atoms with Crippen molar-refractivity contribution in [3.05, 3.63) is 101 Å². The molecule has 0 saturated carbocycles. The Balaban J connectivity index is 1.58. The van der Waals surface area contributed by atoms with E-state index in [0.29, 0.717) is 29.0 Å². The second kappa shape index (κ2) is 10.6. The first kappa shape index (κ1) is 24.2. The van der Waals surface area contributed by atoms with Crippen molar-refractivity contribution >= 4 is 27.7 Å². The average molecular weight is 491 g/mol. The standard InChI is InChI=1S/C27H26N2O5S/c1-19-10-12-21(13-11-19)26(30)29-25(27(31)28-22-14-15-35(32,33)18-22)17-20-6-5-9-24(16-20)34-23-7-3-2-4-8-23/h2-13,16-17,22H,14-15,18H2,1H3,(H,28,31)(H,29,30)/b25-17-/t22-/m0/s1. The maximum atomic E-state index is 13.1. The van der Waals surface area contributed by atoms with E-state index >= 15 is 0 Å². The normalized spacial score (nSPS) is 16.9. The van der Waals surface area contributed by atoms with Crippen molar-refractivity contribution in [3.63, 3.8) is 0 Å². The van der Waals surface area contributed by atoms with Gasteiger partial charge in [-0.15, -0.1) is 0 Å². The Morgan fingerprint density at radius 3 is 2.34 bits per heavy atom. The van der Waals surface area contributed by atoms with Crippen LogP contribution in [0.25, 0.3) is 6.08 Å². The lowest BCUT2D eigenvalue weighted by molar-refractivity contribution is -0.118. The predicted octanol–water partition coefficient (Wildman–Crippen LogP) is 3.86. The Morgan fingerprint density at radius 2 is 1.66 bits per heavy atom. The van der Waals surface area contributed by atoms with Gasteiger partial charge in [-0.3, -0.25) is 9.59 Å². The van der Waals surface area contributed by atoms with Crippen molar-refractivity contribution in [2.24, 2.45) is 0 Å². The molecule has 4 rings (SSSR count). The fourth-order valence-electron chi connectivity index (χ4n) is 3.69. The number of para-hydroxylation sites is 1. The molecule has 1 fully saturated rings. The molecule has 0 aliphatic carbocycles. The first-order chi connectivity index (χ1) is 16.8. The number of rotatable bonds is 7. The molecule has 1 heterocycles. The summed E-state index contributed by atoms with van der Waals surface area (Å²) in [7, 11) is -3.17. The van der Waals surface area contributed by atoms with Gasteiger partial charge in [0.25, 0.3) is 11.8 Å². The van der Waals surface area contributed by atoms with Gasteiger partial charge in [0.15, 0.2) is 9.84 Å². The van der Waals surface area contributed by atoms with E-state index in [2.05, 4.69) is 10.6 Å². The van der Waals surface area contributed by atoms with E-state index < -0.39 is 27.7 Å². The lowest BCUT2D eigenvalue weighted by atomic mass is 10.1. The lowest BCUT2D eigenvalue weighted by Crippen LogP contribution is -2.41. The number of carbonyl (C=O) groups is 2. The summed E-state index contributed by atoms with van der Waals surface area (Å²) in [5.41, 5.74) is 2.05. The fraction of sp³-hybridized carbons (Fsp3) is 0.185. The van der Waals surface area contributed by atoms with Crippen LogP contribution < -0.4 is 15.4 Å². The lowest BCUT2D eigenvalue weighted by Gasteiger charge is -2.15. The van der Waals surface area contributed by atoms with Crippen LogP contribution in [0, 0.1) is 6.92 Å². The van der Waals surface area contributed by atoms with E-state index in [-0.39, 0.29) is 17.2 Å². The van der Waals surface area contributed by atoms with E-state index in [1.165, 1.54) is 0 Å². The van der Waals surface area contributed by atoms with Crippen LogP contribution in [0.2, 0.25) is 0 Å². The molecule has 35 heavy (non-hydrogen) atoms. The predicted molar refractivity (Wildman–Crippen MR) is 135 cm³/mol. The van der Waals surface area contributed by atoms with Crippen molar-refractivity contribution in [3.8, 4) is 11.5 Å². The van der Waals surface area contributed by atoms with E-state index in [4.69, 9.17) is 4.74 Å². The molecule has 1 saturated heterocycles. The summed E-state index contributed by atoms with van der Waals surface area (Å²) in [6, 6.07) is 22.9. The van der Waals surface area contributed by atoms with Crippen molar-refractivity contribution in [1.29, 1.82) is 0 Å². The summed E-state index contributed by atoms with van der Waals surface area (Å²) >= 11 is 0. The van der Waals surface area contributed by atoms with Crippen LogP contribution in [0.3, 0.4) is 0 Å². The van der Waals surface area contributed by atoms with Gasteiger partial charge in [0.05, 0.1) is 11.5 Å². The number of benzene rings is 3. The highest BCUT2D eigenvalue weighted by Crippen LogP contribution is 2.23. The Labute approximate surface area is 204 Å². The highest BCUT2D eigenvalue weighted by Gasteiger charge is 2.30. The monoisotopic (exact) mass is 490 g/mol. The van der Waals surface area contributed by atoms with Crippen molar-refractivity contribution < 1.29 is 22.7 Å². The number of ether oxygens (including phenoxy) is 1. The number of aryl methyl sites for hydroxylation is 1. The zero-order valence-corrected chi connectivity index (χ0v) is 20.0. The molecule has 180 valence electrons. The van der Waals surface area contributed by atoms with E-state index in [1.807, 2.05) is 49.4 Å². The topological polar surface area (TPSA) is 102 Å². The van der Waals surface area contributed by atoms with Crippen molar-refractivity contribution in [2.45, 2.75) is 19.4 Å². The van der Waals surface area contributed by atoms with Crippen molar-refractivity contribution in [1.82, 2.24) is 10.6 Å². The summed E-state index contributed by atoms with van der Waals surface area (Å²) in [5, 5.41) is 5.43. The second-order valence-electron chi connectivity index (χ2n) is 8.44. The molecule has 2 amide bonds. The van der Waals surface area contributed by atoms with Crippen LogP contribution in [-0.2, 0) is 14.6 Å². The van der Waals surface area contributed by atoms with Gasteiger partial charge in [-0.05, 0) is 61.4 Å². The molecule has 2 N–H and O–H groups in total. The highest BCUT2D eigenvalue weighted by atomic mass is 32.2. The maximum Gasteiger partial charge on any atom is 0.268 e. The van der Waals surface area contributed by atoms with Gasteiger partial charge < -0.3 is 15.4 Å². The fourth-order valence-corrected chi connectivity index (χ4v) is 5.36. The Hall–Kier alpha value is -3.91. The Kier molecular flexibility index (Phi) is 7.31. The van der Waals surface area contributed by atoms with Gasteiger partial charge in [0.2, 0.25) is 0 Å². The number of amides is 2. The summed E-state index contributed by atoms with van der Waals surface area (Å²) in [5.74, 6) is 0.159. The number of carbonyl (C=O) groups excluding carboxylic acids is 2. The quantitative estimate of drug-likeness (QED) is 0.490. The zero-order valence-electron chi connectivity index (χ0n) is 19.2. The molecular formula is C27H26N2O5S. The first-order valence-electron chi connectivity index (χ1n) is 11.2. The third-order valence-electron chi connectivity index (χ3n) is 5.52. The van der Waals surface area contributed by atoms with Gasteiger partial charge in [-0.25, -0.2) is 8.42 Å². The molecular weight excluding hydrogens is 464 g/mol. The SMILES string of the molecule is Cc1ccc(C(=O)N/C(=C\c2cccc(Oc3ccccc3)c2)C(=O)N[C@H]2CCS(=O)(=O)C2)cc1. The minimum Gasteiger partial charge on any atom is -0.457 e.